The minimum absolute atomic E-state index is 0.0742. The highest BCUT2D eigenvalue weighted by atomic mass is 19.1. The van der Waals surface area contributed by atoms with Crippen molar-refractivity contribution >= 4 is 16.8 Å². The smallest absolute Gasteiger partial charge is 0.249 e. The predicted octanol–water partition coefficient (Wildman–Crippen LogP) is 4.88. The van der Waals surface area contributed by atoms with E-state index in [-0.39, 0.29) is 23.2 Å². The first kappa shape index (κ1) is 21.2. The minimum Gasteiger partial charge on any atom is -0.460 e. The van der Waals surface area contributed by atoms with Gasteiger partial charge < -0.3 is 20.8 Å². The van der Waals surface area contributed by atoms with Gasteiger partial charge in [-0.1, -0.05) is 6.42 Å². The summed E-state index contributed by atoms with van der Waals surface area (Å²) in [6, 6.07) is 7.81. The Labute approximate surface area is 196 Å². The number of aromatic amines is 1. The van der Waals surface area contributed by atoms with E-state index in [0.29, 0.717) is 23.8 Å². The highest BCUT2D eigenvalue weighted by Gasteiger charge is 2.37. The van der Waals surface area contributed by atoms with Gasteiger partial charge in [0.1, 0.15) is 12.1 Å². The second-order valence-corrected chi connectivity index (χ2v) is 9.84. The molecule has 7 heteroatoms. The molecular weight excluding hydrogens is 436 g/mol. The number of halogens is 2. The average molecular weight is 464 g/mol. The van der Waals surface area contributed by atoms with Crippen LogP contribution in [0.2, 0.25) is 0 Å². The number of ether oxygens (including phenoxy) is 1. The fraction of sp³-hybridized carbons (Fsp3) is 0.370. The Hall–Kier alpha value is -3.35. The number of rotatable bonds is 5. The van der Waals surface area contributed by atoms with E-state index in [1.165, 1.54) is 35.9 Å². The fourth-order valence-corrected chi connectivity index (χ4v) is 5.94. The lowest BCUT2D eigenvalue weighted by atomic mass is 9.70. The average Bonchev–Trinajstić information content (AvgIpc) is 3.14. The van der Waals surface area contributed by atoms with Crippen LogP contribution in [0.15, 0.2) is 42.3 Å². The summed E-state index contributed by atoms with van der Waals surface area (Å²) in [7, 11) is 0. The van der Waals surface area contributed by atoms with E-state index in [9.17, 15) is 13.6 Å². The van der Waals surface area contributed by atoms with E-state index in [1.807, 2.05) is 6.07 Å². The third-order valence-corrected chi connectivity index (χ3v) is 7.87. The van der Waals surface area contributed by atoms with Crippen LogP contribution in [0.5, 0.6) is 5.75 Å². The molecule has 5 nitrogen and oxygen atoms in total. The summed E-state index contributed by atoms with van der Waals surface area (Å²) in [5, 5.41) is 4.69. The van der Waals surface area contributed by atoms with Crippen LogP contribution in [-0.4, -0.2) is 16.9 Å². The van der Waals surface area contributed by atoms with E-state index in [1.54, 1.807) is 12.3 Å². The molecule has 176 valence electrons. The quantitative estimate of drug-likeness (QED) is 0.504. The van der Waals surface area contributed by atoms with Gasteiger partial charge in [-0.2, -0.15) is 0 Å². The van der Waals surface area contributed by atoms with Crippen LogP contribution >= 0.6 is 0 Å². The van der Waals surface area contributed by atoms with Gasteiger partial charge in [0.05, 0.1) is 5.70 Å². The molecule has 2 atom stereocenters. The molecule has 34 heavy (non-hydrogen) atoms. The molecule has 1 fully saturated rings. The highest BCUT2D eigenvalue weighted by Crippen LogP contribution is 2.41. The molecule has 0 spiro atoms. The van der Waals surface area contributed by atoms with Gasteiger partial charge in [-0.05, 0) is 79.8 Å². The molecule has 1 amide bonds. The third kappa shape index (κ3) is 3.54. The zero-order valence-corrected chi connectivity index (χ0v) is 18.8. The number of hydrogen-bond donors (Lipinski definition) is 3. The number of amides is 1. The van der Waals surface area contributed by atoms with E-state index in [4.69, 9.17) is 10.5 Å². The van der Waals surface area contributed by atoms with Crippen LogP contribution in [0.3, 0.4) is 0 Å². The third-order valence-electron chi connectivity index (χ3n) is 7.87. The molecule has 3 aromatic rings. The fourth-order valence-electron chi connectivity index (χ4n) is 5.94. The van der Waals surface area contributed by atoms with Gasteiger partial charge in [-0.15, -0.1) is 0 Å². The van der Waals surface area contributed by atoms with E-state index in [0.717, 1.165) is 48.7 Å². The van der Waals surface area contributed by atoms with Gasteiger partial charge in [-0.3, -0.25) is 4.79 Å². The van der Waals surface area contributed by atoms with Crippen molar-refractivity contribution in [2.24, 2.45) is 17.6 Å². The SMILES string of the molecule is NC(=O)c1ccc(F)c2c1CC(N[C@H](C1CCC1)[C@@H]1CCc3[nH]c4ccc(F)cc4c3C1)=CO2. The summed E-state index contributed by atoms with van der Waals surface area (Å²) in [6.07, 6.45) is 8.30. The minimum atomic E-state index is -0.594. The second kappa shape index (κ2) is 8.15. The van der Waals surface area contributed by atoms with Crippen molar-refractivity contribution < 1.29 is 18.3 Å². The number of aromatic nitrogens is 1. The van der Waals surface area contributed by atoms with E-state index >= 15 is 0 Å². The molecule has 3 aliphatic rings. The number of H-pyrrole nitrogens is 1. The Kier molecular flexibility index (Phi) is 5.08. The van der Waals surface area contributed by atoms with E-state index in [2.05, 4.69) is 10.3 Å². The van der Waals surface area contributed by atoms with Crippen molar-refractivity contribution in [3.63, 3.8) is 0 Å². The van der Waals surface area contributed by atoms with Gasteiger partial charge in [0, 0.05) is 40.2 Å². The summed E-state index contributed by atoms with van der Waals surface area (Å²) in [5.74, 6) is -0.319. The number of allylic oxidation sites excluding steroid dienone is 1. The number of carbonyl (C=O) groups is 1. The molecule has 0 unspecified atom stereocenters. The van der Waals surface area contributed by atoms with Crippen molar-refractivity contribution in [2.45, 2.75) is 51.0 Å². The molecule has 1 saturated carbocycles. The maximum atomic E-state index is 14.3. The van der Waals surface area contributed by atoms with Crippen LogP contribution in [0.4, 0.5) is 8.78 Å². The van der Waals surface area contributed by atoms with Gasteiger partial charge in [0.15, 0.2) is 11.6 Å². The Bertz CT molecular complexity index is 1330. The van der Waals surface area contributed by atoms with Crippen molar-refractivity contribution in [3.8, 4) is 5.75 Å². The highest BCUT2D eigenvalue weighted by molar-refractivity contribution is 5.95. The van der Waals surface area contributed by atoms with Gasteiger partial charge in [0.25, 0.3) is 0 Å². The number of hydrogen-bond acceptors (Lipinski definition) is 3. The normalized spacial score (nSPS) is 20.5. The van der Waals surface area contributed by atoms with Crippen molar-refractivity contribution in [2.75, 3.05) is 0 Å². The Morgan fingerprint density at radius 2 is 1.97 bits per heavy atom. The van der Waals surface area contributed by atoms with Crippen LogP contribution in [0.1, 0.15) is 52.9 Å². The topological polar surface area (TPSA) is 80.1 Å². The van der Waals surface area contributed by atoms with Crippen LogP contribution in [-0.2, 0) is 19.3 Å². The number of primary amides is 1. The van der Waals surface area contributed by atoms with Crippen LogP contribution < -0.4 is 15.8 Å². The summed E-state index contributed by atoms with van der Waals surface area (Å²) in [5.41, 5.74) is 10.5. The van der Waals surface area contributed by atoms with Crippen molar-refractivity contribution in [1.82, 2.24) is 10.3 Å². The zero-order valence-electron chi connectivity index (χ0n) is 18.8. The second-order valence-electron chi connectivity index (χ2n) is 9.84. The number of aryl methyl sites for hydroxylation is 1. The Balaban J connectivity index is 1.28. The molecule has 0 bridgehead atoms. The van der Waals surface area contributed by atoms with Gasteiger partial charge >= 0.3 is 0 Å². The van der Waals surface area contributed by atoms with Crippen molar-refractivity contribution in [1.29, 1.82) is 0 Å². The number of fused-ring (bicyclic) bond motifs is 4. The van der Waals surface area contributed by atoms with Gasteiger partial charge in [0.2, 0.25) is 5.91 Å². The van der Waals surface area contributed by atoms with Crippen molar-refractivity contribution in [3.05, 3.63) is 76.3 Å². The molecule has 4 N–H and O–H groups in total. The Morgan fingerprint density at radius 1 is 1.12 bits per heavy atom. The number of nitrogens with two attached hydrogens (primary N) is 1. The summed E-state index contributed by atoms with van der Waals surface area (Å²) in [4.78, 5) is 15.4. The zero-order chi connectivity index (χ0) is 23.4. The molecular formula is C27H27F2N3O2. The molecule has 2 aliphatic carbocycles. The molecule has 6 rings (SSSR count). The standard InChI is InChI=1S/C27H27F2N3O2/c28-16-5-9-24-20(11-16)19-10-15(4-8-23(19)32-24)25(14-2-1-3-14)31-17-12-21-18(27(30)33)6-7-22(29)26(21)34-13-17/h5-7,9,11,13-15,25,31-32H,1-4,8,10,12H2,(H2,30,33)/t15-,25-/m1/s1. The molecule has 2 aromatic carbocycles. The summed E-state index contributed by atoms with van der Waals surface area (Å²) < 4.78 is 33.9. The predicted molar refractivity (Wildman–Crippen MR) is 125 cm³/mol. The monoisotopic (exact) mass is 463 g/mol. The first-order chi connectivity index (χ1) is 16.5. The lowest BCUT2D eigenvalue weighted by Gasteiger charge is -2.42. The summed E-state index contributed by atoms with van der Waals surface area (Å²) >= 11 is 0. The molecule has 0 saturated heterocycles. The van der Waals surface area contributed by atoms with E-state index < -0.39 is 11.7 Å². The number of carbonyl (C=O) groups excluding carboxylic acids is 1. The summed E-state index contributed by atoms with van der Waals surface area (Å²) in [6.45, 7) is 0. The first-order valence-corrected chi connectivity index (χ1v) is 12.0. The first-order valence-electron chi connectivity index (χ1n) is 12.0. The lowest BCUT2D eigenvalue weighted by molar-refractivity contribution is 0.0998. The largest absolute Gasteiger partial charge is 0.460 e. The maximum Gasteiger partial charge on any atom is 0.249 e. The number of benzene rings is 2. The molecule has 0 radical (unpaired) electrons. The van der Waals surface area contributed by atoms with Gasteiger partial charge in [-0.25, -0.2) is 8.78 Å². The Morgan fingerprint density at radius 3 is 2.74 bits per heavy atom. The molecule has 2 heterocycles. The molecule has 1 aliphatic heterocycles. The van der Waals surface area contributed by atoms with Crippen LogP contribution in [0.25, 0.3) is 10.9 Å². The van der Waals surface area contributed by atoms with Crippen LogP contribution in [0, 0.1) is 23.5 Å². The lowest BCUT2D eigenvalue weighted by Crippen LogP contribution is -2.47. The number of nitrogens with one attached hydrogen (secondary N) is 2. The maximum absolute atomic E-state index is 14.3. The molecule has 1 aromatic heterocycles.